The van der Waals surface area contributed by atoms with Gasteiger partial charge in [-0.3, -0.25) is 4.79 Å². The molecular weight excluding hydrogens is 321 g/mol. The Labute approximate surface area is 144 Å². The molecule has 1 N–H and O–H groups in total. The molecule has 1 aromatic heterocycles. The van der Waals surface area contributed by atoms with Crippen LogP contribution in [0.3, 0.4) is 0 Å². The number of hydrogen-bond acceptors (Lipinski definition) is 3. The Bertz CT molecular complexity index is 926. The van der Waals surface area contributed by atoms with E-state index in [1.54, 1.807) is 6.07 Å². The van der Waals surface area contributed by atoms with Gasteiger partial charge in [0.25, 0.3) is 5.91 Å². The van der Waals surface area contributed by atoms with Crippen molar-refractivity contribution in [2.24, 2.45) is 7.05 Å². The van der Waals surface area contributed by atoms with Crippen molar-refractivity contribution in [3.8, 4) is 5.75 Å². The molecule has 3 aromatic rings. The van der Waals surface area contributed by atoms with Crippen LogP contribution < -0.4 is 10.1 Å². The van der Waals surface area contributed by atoms with E-state index in [0.29, 0.717) is 24.9 Å². The van der Waals surface area contributed by atoms with Gasteiger partial charge in [0.2, 0.25) is 0 Å². The number of carbonyl (C=O) groups is 1. The molecule has 1 amide bonds. The number of carbonyl (C=O) groups excluding carboxylic acids is 1. The van der Waals surface area contributed by atoms with Crippen molar-refractivity contribution in [2.45, 2.75) is 18.9 Å². The van der Waals surface area contributed by atoms with Crippen LogP contribution in [0.5, 0.6) is 5.75 Å². The number of hydrogen-bond donors (Lipinski definition) is 1. The van der Waals surface area contributed by atoms with Gasteiger partial charge < -0.3 is 14.6 Å². The van der Waals surface area contributed by atoms with E-state index in [0.717, 1.165) is 22.7 Å². The van der Waals surface area contributed by atoms with Crippen molar-refractivity contribution in [1.82, 2.24) is 14.9 Å². The zero-order chi connectivity index (χ0) is 17.4. The maximum absolute atomic E-state index is 13.8. The molecule has 5 nitrogen and oxygen atoms in total. The van der Waals surface area contributed by atoms with E-state index in [2.05, 4.69) is 10.3 Å². The first kappa shape index (κ1) is 15.6. The molecule has 128 valence electrons. The van der Waals surface area contributed by atoms with Gasteiger partial charge in [-0.05, 0) is 23.8 Å². The summed E-state index contributed by atoms with van der Waals surface area (Å²) in [5.41, 5.74) is 2.16. The highest BCUT2D eigenvalue weighted by molar-refractivity contribution is 5.82. The molecule has 0 bridgehead atoms. The number of nitrogens with zero attached hydrogens (tertiary/aromatic N) is 2. The predicted molar refractivity (Wildman–Crippen MR) is 91.9 cm³/mol. The Kier molecular flexibility index (Phi) is 3.87. The summed E-state index contributed by atoms with van der Waals surface area (Å²) in [5, 5.41) is 2.88. The van der Waals surface area contributed by atoms with Crippen LogP contribution in [0.2, 0.25) is 0 Å². The molecule has 0 saturated heterocycles. The number of imidazole rings is 1. The summed E-state index contributed by atoms with van der Waals surface area (Å²) < 4.78 is 21.3. The van der Waals surface area contributed by atoms with Crippen LogP contribution in [-0.4, -0.2) is 28.1 Å². The van der Waals surface area contributed by atoms with Crippen molar-refractivity contribution in [3.63, 3.8) is 0 Å². The van der Waals surface area contributed by atoms with Crippen LogP contribution in [0.15, 0.2) is 42.5 Å². The van der Waals surface area contributed by atoms with Crippen LogP contribution >= 0.6 is 0 Å². The van der Waals surface area contributed by atoms with Crippen molar-refractivity contribution in [2.75, 3.05) is 6.54 Å². The number of nitrogens with one attached hydrogen (secondary N) is 1. The van der Waals surface area contributed by atoms with E-state index in [1.807, 2.05) is 41.9 Å². The molecule has 0 aliphatic carbocycles. The summed E-state index contributed by atoms with van der Waals surface area (Å²) in [4.78, 5) is 16.6. The Hall–Kier alpha value is -2.89. The van der Waals surface area contributed by atoms with Gasteiger partial charge in [-0.1, -0.05) is 24.3 Å². The zero-order valence-electron chi connectivity index (χ0n) is 13.8. The van der Waals surface area contributed by atoms with Crippen molar-refractivity contribution >= 4 is 16.9 Å². The van der Waals surface area contributed by atoms with Gasteiger partial charge >= 0.3 is 0 Å². The summed E-state index contributed by atoms with van der Waals surface area (Å²) in [5.74, 6) is 1.03. The van der Waals surface area contributed by atoms with Crippen LogP contribution in [0.1, 0.15) is 11.4 Å². The van der Waals surface area contributed by atoms with Gasteiger partial charge in [0.05, 0.1) is 5.52 Å². The minimum absolute atomic E-state index is 0.138. The number of ether oxygens (including phenoxy) is 1. The van der Waals surface area contributed by atoms with Gasteiger partial charge in [0.15, 0.2) is 11.9 Å². The van der Waals surface area contributed by atoms with Gasteiger partial charge in [0.1, 0.15) is 17.1 Å². The topological polar surface area (TPSA) is 56.2 Å². The number of halogens is 1. The highest BCUT2D eigenvalue weighted by Crippen LogP contribution is 2.28. The summed E-state index contributed by atoms with van der Waals surface area (Å²) >= 11 is 0. The molecule has 0 saturated carbocycles. The Morgan fingerprint density at radius 1 is 1.32 bits per heavy atom. The third-order valence-electron chi connectivity index (χ3n) is 4.54. The summed E-state index contributed by atoms with van der Waals surface area (Å²) in [6.45, 7) is 0.424. The number of fused-ring (bicyclic) bond motifs is 2. The molecule has 0 fully saturated rings. The second-order valence-corrected chi connectivity index (χ2v) is 6.15. The summed E-state index contributed by atoms with van der Waals surface area (Å²) in [6.07, 6.45) is 0.616. The fourth-order valence-corrected chi connectivity index (χ4v) is 3.19. The van der Waals surface area contributed by atoms with Crippen molar-refractivity contribution in [1.29, 1.82) is 0 Å². The van der Waals surface area contributed by atoms with Gasteiger partial charge in [0, 0.05) is 26.4 Å². The highest BCUT2D eigenvalue weighted by atomic mass is 19.1. The van der Waals surface area contributed by atoms with E-state index < -0.39 is 6.10 Å². The second-order valence-electron chi connectivity index (χ2n) is 6.15. The third kappa shape index (κ3) is 2.84. The molecule has 1 unspecified atom stereocenters. The van der Waals surface area contributed by atoms with E-state index in [9.17, 15) is 9.18 Å². The van der Waals surface area contributed by atoms with Crippen LogP contribution in [0, 0.1) is 5.82 Å². The maximum Gasteiger partial charge on any atom is 0.261 e. The van der Waals surface area contributed by atoms with Crippen LogP contribution in [0.25, 0.3) is 11.0 Å². The van der Waals surface area contributed by atoms with Crippen LogP contribution in [-0.2, 0) is 24.7 Å². The number of rotatable bonds is 4. The maximum atomic E-state index is 13.8. The summed E-state index contributed by atoms with van der Waals surface area (Å²) in [6, 6.07) is 12.6. The first-order chi connectivity index (χ1) is 12.1. The largest absolute Gasteiger partial charge is 0.480 e. The molecule has 6 heteroatoms. The van der Waals surface area contributed by atoms with E-state index in [4.69, 9.17) is 4.74 Å². The lowest BCUT2D eigenvalue weighted by Gasteiger charge is -2.11. The molecule has 4 rings (SSSR count). The summed E-state index contributed by atoms with van der Waals surface area (Å²) in [7, 11) is 1.85. The van der Waals surface area contributed by atoms with Crippen molar-refractivity contribution < 1.29 is 13.9 Å². The van der Waals surface area contributed by atoms with Crippen molar-refractivity contribution in [3.05, 3.63) is 59.7 Å². The molecule has 1 atom stereocenters. The third-order valence-corrected chi connectivity index (χ3v) is 4.54. The number of benzene rings is 2. The molecule has 2 aromatic carbocycles. The smallest absolute Gasteiger partial charge is 0.261 e. The fraction of sp³-hybridized carbons (Fsp3) is 0.263. The minimum Gasteiger partial charge on any atom is -0.480 e. The molecule has 1 aliphatic heterocycles. The first-order valence-corrected chi connectivity index (χ1v) is 8.25. The lowest BCUT2D eigenvalue weighted by atomic mass is 10.1. The SMILES string of the molecule is Cn1c(CCNC(=O)C2Cc3ccccc3O2)nc2c(F)cccc21. The number of amides is 1. The van der Waals surface area contributed by atoms with Gasteiger partial charge in [-0.2, -0.15) is 0 Å². The monoisotopic (exact) mass is 339 g/mol. The van der Waals surface area contributed by atoms with Gasteiger partial charge in [-0.25, -0.2) is 9.37 Å². The average Bonchev–Trinajstić information content (AvgIpc) is 3.18. The van der Waals surface area contributed by atoms with Gasteiger partial charge in [-0.15, -0.1) is 0 Å². The Balaban J connectivity index is 1.38. The lowest BCUT2D eigenvalue weighted by molar-refractivity contribution is -0.127. The zero-order valence-corrected chi connectivity index (χ0v) is 13.8. The molecule has 0 radical (unpaired) electrons. The van der Waals surface area contributed by atoms with Crippen LogP contribution in [0.4, 0.5) is 4.39 Å². The number of aryl methyl sites for hydroxylation is 1. The quantitative estimate of drug-likeness (QED) is 0.794. The standard InChI is InChI=1S/C19H18FN3O2/c1-23-14-7-4-6-13(20)18(14)22-17(23)9-10-21-19(24)16-11-12-5-2-3-8-15(12)25-16/h2-8,16H,9-11H2,1H3,(H,21,24). The average molecular weight is 339 g/mol. The molecule has 0 spiro atoms. The molecule has 1 aliphatic rings. The minimum atomic E-state index is -0.490. The normalized spacial score (nSPS) is 15.8. The number of para-hydroxylation sites is 2. The van der Waals surface area contributed by atoms with E-state index in [1.165, 1.54) is 6.07 Å². The predicted octanol–water partition coefficient (Wildman–Crippen LogP) is 2.37. The lowest BCUT2D eigenvalue weighted by Crippen LogP contribution is -2.38. The van der Waals surface area contributed by atoms with E-state index >= 15 is 0 Å². The molecular formula is C19H18FN3O2. The fourth-order valence-electron chi connectivity index (χ4n) is 3.19. The second kappa shape index (κ2) is 6.20. The highest BCUT2D eigenvalue weighted by Gasteiger charge is 2.28. The molecule has 2 heterocycles. The van der Waals surface area contributed by atoms with E-state index in [-0.39, 0.29) is 11.7 Å². The first-order valence-electron chi connectivity index (χ1n) is 8.25. The Morgan fingerprint density at radius 3 is 2.96 bits per heavy atom. The molecule has 25 heavy (non-hydrogen) atoms. The number of aromatic nitrogens is 2. The Morgan fingerprint density at radius 2 is 2.16 bits per heavy atom.